The van der Waals surface area contributed by atoms with Crippen LogP contribution < -0.4 is 4.74 Å². The third-order valence-electron chi connectivity index (χ3n) is 1.62. The van der Waals surface area contributed by atoms with Crippen molar-refractivity contribution in [3.05, 3.63) is 26.3 Å². The van der Waals surface area contributed by atoms with E-state index < -0.39 is 6.61 Å². The van der Waals surface area contributed by atoms with Gasteiger partial charge in [0.05, 0.1) is 5.02 Å². The molecule has 0 spiro atoms. The first kappa shape index (κ1) is 12.6. The number of ether oxygens (including phenoxy) is 1. The third kappa shape index (κ3) is 3.27. The van der Waals surface area contributed by atoms with E-state index in [-0.39, 0.29) is 16.6 Å². The summed E-state index contributed by atoms with van der Waals surface area (Å²) >= 11 is 7.54. The van der Waals surface area contributed by atoms with Crippen LogP contribution in [0.15, 0.2) is 12.1 Å². The van der Waals surface area contributed by atoms with Gasteiger partial charge in [-0.3, -0.25) is 4.79 Å². The fraction of sp³-hybridized carbons (Fsp3) is 0.222. The largest absolute Gasteiger partial charge is 0.433 e. The van der Waals surface area contributed by atoms with Gasteiger partial charge in [-0.1, -0.05) is 11.6 Å². The van der Waals surface area contributed by atoms with Crippen molar-refractivity contribution >= 4 is 40.0 Å². The summed E-state index contributed by atoms with van der Waals surface area (Å²) in [6, 6.07) is 2.63. The molecule has 0 saturated heterocycles. The normalized spacial score (nSPS) is 10.5. The van der Waals surface area contributed by atoms with Crippen LogP contribution in [-0.4, -0.2) is 12.4 Å². The number of Topliss-reactive ketones (excluding diaryl/α,β-unsaturated/α-hetero) is 1. The minimum Gasteiger partial charge on any atom is -0.433 e. The van der Waals surface area contributed by atoms with Gasteiger partial charge >= 0.3 is 6.61 Å². The van der Waals surface area contributed by atoms with Crippen LogP contribution in [0.4, 0.5) is 8.78 Å². The first-order valence-electron chi connectivity index (χ1n) is 3.86. The predicted octanol–water partition coefficient (Wildman–Crippen LogP) is 3.75. The maximum Gasteiger partial charge on any atom is 0.387 e. The molecular formula is C9H6ClF2IO2. The molecule has 0 heterocycles. The van der Waals surface area contributed by atoms with Crippen molar-refractivity contribution in [2.45, 2.75) is 13.5 Å². The molecule has 0 unspecified atom stereocenters. The zero-order chi connectivity index (χ0) is 11.6. The molecule has 0 N–H and O–H groups in total. The molecule has 82 valence electrons. The van der Waals surface area contributed by atoms with Crippen LogP contribution in [0.5, 0.6) is 5.75 Å². The molecule has 0 radical (unpaired) electrons. The first-order chi connectivity index (χ1) is 6.91. The Balaban J connectivity index is 3.13. The highest BCUT2D eigenvalue weighted by Crippen LogP contribution is 2.30. The quantitative estimate of drug-likeness (QED) is 0.615. The summed E-state index contributed by atoms with van der Waals surface area (Å²) in [4.78, 5) is 11.1. The molecule has 1 rings (SSSR count). The van der Waals surface area contributed by atoms with Gasteiger partial charge in [0.1, 0.15) is 5.75 Å². The van der Waals surface area contributed by atoms with Gasteiger partial charge in [-0.15, -0.1) is 0 Å². The van der Waals surface area contributed by atoms with E-state index >= 15 is 0 Å². The Hall–Kier alpha value is -0.430. The number of alkyl halides is 2. The van der Waals surface area contributed by atoms with Crippen LogP contribution >= 0.6 is 34.2 Å². The van der Waals surface area contributed by atoms with Gasteiger partial charge in [0.2, 0.25) is 0 Å². The van der Waals surface area contributed by atoms with Gasteiger partial charge < -0.3 is 4.74 Å². The van der Waals surface area contributed by atoms with E-state index in [0.717, 1.165) is 0 Å². The number of ketones is 1. The molecule has 0 fully saturated rings. The van der Waals surface area contributed by atoms with Crippen LogP contribution in [0, 0.1) is 3.57 Å². The van der Waals surface area contributed by atoms with Gasteiger partial charge in [0.15, 0.2) is 5.78 Å². The summed E-state index contributed by atoms with van der Waals surface area (Å²) < 4.78 is 28.6. The van der Waals surface area contributed by atoms with E-state index in [1.54, 1.807) is 0 Å². The molecule has 0 aliphatic carbocycles. The average molecular weight is 346 g/mol. The first-order valence-corrected chi connectivity index (χ1v) is 5.32. The molecule has 0 amide bonds. The minimum absolute atomic E-state index is 0.000848. The molecule has 0 bridgehead atoms. The van der Waals surface area contributed by atoms with E-state index in [9.17, 15) is 13.6 Å². The summed E-state index contributed by atoms with van der Waals surface area (Å²) in [5.74, 6) is -0.300. The maximum absolute atomic E-state index is 11.9. The zero-order valence-electron chi connectivity index (χ0n) is 7.56. The molecule has 0 aliphatic heterocycles. The van der Waals surface area contributed by atoms with Crippen LogP contribution in [-0.2, 0) is 0 Å². The van der Waals surface area contributed by atoms with Gasteiger partial charge in [-0.2, -0.15) is 8.78 Å². The minimum atomic E-state index is -2.93. The third-order valence-corrected chi connectivity index (χ3v) is 2.80. The second kappa shape index (κ2) is 5.07. The Labute approximate surface area is 104 Å². The predicted molar refractivity (Wildman–Crippen MR) is 60.8 cm³/mol. The van der Waals surface area contributed by atoms with Gasteiger partial charge in [0, 0.05) is 9.13 Å². The van der Waals surface area contributed by atoms with Crippen molar-refractivity contribution in [3.63, 3.8) is 0 Å². The Morgan fingerprint density at radius 2 is 2.13 bits per heavy atom. The van der Waals surface area contributed by atoms with Crippen LogP contribution in [0.25, 0.3) is 0 Å². The highest BCUT2D eigenvalue weighted by Gasteiger charge is 2.13. The molecule has 15 heavy (non-hydrogen) atoms. The monoisotopic (exact) mass is 346 g/mol. The number of carbonyl (C=O) groups is 1. The summed E-state index contributed by atoms with van der Waals surface area (Å²) in [5.41, 5.74) is 0.391. The molecule has 0 aromatic heterocycles. The van der Waals surface area contributed by atoms with Crippen molar-refractivity contribution in [2.24, 2.45) is 0 Å². The van der Waals surface area contributed by atoms with Crippen molar-refractivity contribution < 1.29 is 18.3 Å². The molecule has 6 heteroatoms. The summed E-state index contributed by atoms with van der Waals surface area (Å²) in [7, 11) is 0. The van der Waals surface area contributed by atoms with E-state index in [2.05, 4.69) is 4.74 Å². The number of rotatable bonds is 3. The van der Waals surface area contributed by atoms with Gasteiger partial charge in [-0.05, 0) is 41.6 Å². The number of benzene rings is 1. The summed E-state index contributed by atoms with van der Waals surface area (Å²) in [6.07, 6.45) is 0. The molecule has 0 aliphatic rings. The van der Waals surface area contributed by atoms with Crippen molar-refractivity contribution in [1.29, 1.82) is 0 Å². The van der Waals surface area contributed by atoms with Crippen LogP contribution in [0.1, 0.15) is 17.3 Å². The number of hydrogen-bond acceptors (Lipinski definition) is 2. The topological polar surface area (TPSA) is 26.3 Å². The van der Waals surface area contributed by atoms with Crippen molar-refractivity contribution in [2.75, 3.05) is 0 Å². The lowest BCUT2D eigenvalue weighted by Crippen LogP contribution is -2.04. The van der Waals surface area contributed by atoms with E-state index in [4.69, 9.17) is 11.6 Å². The molecular weight excluding hydrogens is 340 g/mol. The molecule has 1 aromatic rings. The Morgan fingerprint density at radius 3 is 2.60 bits per heavy atom. The fourth-order valence-corrected chi connectivity index (χ4v) is 2.01. The zero-order valence-corrected chi connectivity index (χ0v) is 10.5. The van der Waals surface area contributed by atoms with E-state index in [1.807, 2.05) is 22.6 Å². The van der Waals surface area contributed by atoms with Crippen LogP contribution in [0.2, 0.25) is 5.02 Å². The standard InChI is InChI=1S/C9H6ClF2IO2/c1-4(14)5-2-6(10)8(3-7(5)13)15-9(11)12/h2-3,9H,1H3. The number of halogens is 4. The molecule has 1 aromatic carbocycles. The molecule has 2 nitrogen and oxygen atoms in total. The fourth-order valence-electron chi connectivity index (χ4n) is 0.985. The Morgan fingerprint density at radius 1 is 1.53 bits per heavy atom. The smallest absolute Gasteiger partial charge is 0.387 e. The second-order valence-electron chi connectivity index (χ2n) is 2.70. The average Bonchev–Trinajstić information content (AvgIpc) is 2.09. The van der Waals surface area contributed by atoms with Gasteiger partial charge in [0.25, 0.3) is 0 Å². The Kier molecular flexibility index (Phi) is 4.27. The highest BCUT2D eigenvalue weighted by molar-refractivity contribution is 14.1. The number of carbonyl (C=O) groups excluding carboxylic acids is 1. The van der Waals surface area contributed by atoms with E-state index in [0.29, 0.717) is 9.13 Å². The lowest BCUT2D eigenvalue weighted by atomic mass is 10.1. The molecule has 0 saturated carbocycles. The van der Waals surface area contributed by atoms with Crippen molar-refractivity contribution in [3.8, 4) is 5.75 Å². The van der Waals surface area contributed by atoms with Crippen LogP contribution in [0.3, 0.4) is 0 Å². The van der Waals surface area contributed by atoms with Crippen molar-refractivity contribution in [1.82, 2.24) is 0 Å². The lowest BCUT2D eigenvalue weighted by molar-refractivity contribution is -0.0498. The van der Waals surface area contributed by atoms with Gasteiger partial charge in [-0.25, -0.2) is 0 Å². The maximum atomic E-state index is 11.9. The summed E-state index contributed by atoms with van der Waals surface area (Å²) in [5, 5.41) is 0.000848. The Bertz CT molecular complexity index is 396. The SMILES string of the molecule is CC(=O)c1cc(Cl)c(OC(F)F)cc1I. The highest BCUT2D eigenvalue weighted by atomic mass is 127. The number of hydrogen-bond donors (Lipinski definition) is 0. The summed E-state index contributed by atoms with van der Waals surface area (Å²) in [6.45, 7) is -1.55. The second-order valence-corrected chi connectivity index (χ2v) is 4.27. The lowest BCUT2D eigenvalue weighted by Gasteiger charge is -2.09. The molecule has 0 atom stereocenters. The van der Waals surface area contributed by atoms with E-state index in [1.165, 1.54) is 19.1 Å².